The number of aromatic nitrogens is 3. The summed E-state index contributed by atoms with van der Waals surface area (Å²) in [6.07, 6.45) is 3.20. The third-order valence-corrected chi connectivity index (χ3v) is 5.41. The zero-order valence-corrected chi connectivity index (χ0v) is 17.3. The number of carboxylic acid groups (broad SMARTS) is 1. The van der Waals surface area contributed by atoms with Gasteiger partial charge in [0.1, 0.15) is 11.3 Å². The first kappa shape index (κ1) is 18.9. The van der Waals surface area contributed by atoms with Crippen LogP contribution in [0, 0.1) is 13.8 Å². The standard InChI is InChI=1S/C20H21BrN4O3/c1-12-3-4-25-16(9-15-11-24(20(26)27)5-6-28-15)19(23-17(25)7-12)18-13(2)8-14(21)10-22-18/h3-4,7-8,10,15H,5-6,9,11H2,1-2H3,(H,26,27)/t15-/m0/s1. The Balaban J connectivity index is 1.78. The minimum atomic E-state index is -0.910. The van der Waals surface area contributed by atoms with Crippen molar-refractivity contribution in [2.45, 2.75) is 26.4 Å². The van der Waals surface area contributed by atoms with Crippen LogP contribution in [0.2, 0.25) is 0 Å². The molecule has 4 rings (SSSR count). The van der Waals surface area contributed by atoms with Crippen LogP contribution in [-0.4, -0.2) is 56.3 Å². The summed E-state index contributed by atoms with van der Waals surface area (Å²) < 4.78 is 8.84. The van der Waals surface area contributed by atoms with Gasteiger partial charge in [0.05, 0.1) is 30.6 Å². The van der Waals surface area contributed by atoms with Crippen LogP contribution in [0.15, 0.2) is 35.1 Å². The molecule has 0 radical (unpaired) electrons. The van der Waals surface area contributed by atoms with E-state index in [1.807, 2.05) is 38.2 Å². The highest BCUT2D eigenvalue weighted by atomic mass is 79.9. The number of amides is 1. The van der Waals surface area contributed by atoms with Crippen molar-refractivity contribution in [2.24, 2.45) is 0 Å². The third-order valence-electron chi connectivity index (χ3n) is 4.98. The highest BCUT2D eigenvalue weighted by Gasteiger charge is 2.27. The molecule has 28 heavy (non-hydrogen) atoms. The lowest BCUT2D eigenvalue weighted by molar-refractivity contribution is -0.0214. The van der Waals surface area contributed by atoms with Gasteiger partial charge in [-0.15, -0.1) is 0 Å². The average Bonchev–Trinajstić information content (AvgIpc) is 2.99. The Morgan fingerprint density at radius 1 is 1.36 bits per heavy atom. The van der Waals surface area contributed by atoms with Crippen molar-refractivity contribution in [3.63, 3.8) is 0 Å². The van der Waals surface area contributed by atoms with Gasteiger partial charge in [0.25, 0.3) is 0 Å². The topological polar surface area (TPSA) is 80.0 Å². The molecule has 0 spiro atoms. The quantitative estimate of drug-likeness (QED) is 0.665. The number of rotatable bonds is 3. The number of pyridine rings is 2. The number of hydrogen-bond donors (Lipinski definition) is 1. The van der Waals surface area contributed by atoms with Gasteiger partial charge in [-0.25, -0.2) is 9.78 Å². The van der Waals surface area contributed by atoms with Gasteiger partial charge < -0.3 is 19.1 Å². The lowest BCUT2D eigenvalue weighted by Crippen LogP contribution is -2.45. The molecule has 1 N–H and O–H groups in total. The first-order valence-electron chi connectivity index (χ1n) is 9.12. The van der Waals surface area contributed by atoms with E-state index in [9.17, 15) is 9.90 Å². The second-order valence-corrected chi connectivity index (χ2v) is 8.00. The number of halogens is 1. The Kier molecular flexibility index (Phi) is 5.07. The van der Waals surface area contributed by atoms with Crippen molar-refractivity contribution in [3.05, 3.63) is 51.9 Å². The highest BCUT2D eigenvalue weighted by molar-refractivity contribution is 9.10. The van der Waals surface area contributed by atoms with Gasteiger partial charge in [-0.05, 0) is 59.1 Å². The van der Waals surface area contributed by atoms with E-state index >= 15 is 0 Å². The summed E-state index contributed by atoms with van der Waals surface area (Å²) in [4.78, 5) is 22.2. The lowest BCUT2D eigenvalue weighted by Gasteiger charge is -2.31. The van der Waals surface area contributed by atoms with E-state index in [4.69, 9.17) is 9.72 Å². The predicted molar refractivity (Wildman–Crippen MR) is 109 cm³/mol. The van der Waals surface area contributed by atoms with E-state index in [1.165, 1.54) is 4.90 Å². The Bertz CT molecular complexity index is 1050. The minimum absolute atomic E-state index is 0.222. The molecule has 1 amide bonds. The van der Waals surface area contributed by atoms with E-state index in [1.54, 1.807) is 6.20 Å². The lowest BCUT2D eigenvalue weighted by atomic mass is 10.1. The van der Waals surface area contributed by atoms with Crippen molar-refractivity contribution in [3.8, 4) is 11.4 Å². The summed E-state index contributed by atoms with van der Waals surface area (Å²) in [6, 6.07) is 6.09. The molecule has 0 bridgehead atoms. The van der Waals surface area contributed by atoms with Gasteiger partial charge in [-0.3, -0.25) is 4.98 Å². The fourth-order valence-corrected chi connectivity index (χ4v) is 4.05. The van der Waals surface area contributed by atoms with Crippen molar-refractivity contribution in [1.29, 1.82) is 0 Å². The number of morpholine rings is 1. The average molecular weight is 445 g/mol. The summed E-state index contributed by atoms with van der Waals surface area (Å²) in [5, 5.41) is 9.32. The first-order valence-corrected chi connectivity index (χ1v) is 9.91. The van der Waals surface area contributed by atoms with Gasteiger partial charge in [0, 0.05) is 29.8 Å². The monoisotopic (exact) mass is 444 g/mol. The Labute approximate surface area is 171 Å². The summed E-state index contributed by atoms with van der Waals surface area (Å²) in [6.45, 7) is 5.19. The SMILES string of the molecule is Cc1ccn2c(C[C@H]3CN(C(=O)O)CCO3)c(-c3ncc(Br)cc3C)nc2c1. The molecule has 3 aromatic heterocycles. The molecule has 8 heteroatoms. The molecule has 0 unspecified atom stereocenters. The zero-order valence-electron chi connectivity index (χ0n) is 15.7. The van der Waals surface area contributed by atoms with E-state index in [0.717, 1.165) is 38.3 Å². The number of ether oxygens (including phenoxy) is 1. The highest BCUT2D eigenvalue weighted by Crippen LogP contribution is 2.29. The molecule has 3 aromatic rings. The fraction of sp³-hybridized carbons (Fsp3) is 0.350. The maximum Gasteiger partial charge on any atom is 0.407 e. The van der Waals surface area contributed by atoms with E-state index in [2.05, 4.69) is 25.3 Å². The van der Waals surface area contributed by atoms with Crippen molar-refractivity contribution in [1.82, 2.24) is 19.3 Å². The molecule has 0 aliphatic carbocycles. The summed E-state index contributed by atoms with van der Waals surface area (Å²) in [7, 11) is 0. The first-order chi connectivity index (χ1) is 13.4. The summed E-state index contributed by atoms with van der Waals surface area (Å²) >= 11 is 3.46. The third kappa shape index (κ3) is 3.62. The zero-order chi connectivity index (χ0) is 19.8. The van der Waals surface area contributed by atoms with Gasteiger partial charge in [-0.2, -0.15) is 0 Å². The Morgan fingerprint density at radius 3 is 2.93 bits per heavy atom. The number of hydrogen-bond acceptors (Lipinski definition) is 4. The van der Waals surface area contributed by atoms with Crippen LogP contribution in [0.1, 0.15) is 16.8 Å². The van der Waals surface area contributed by atoms with Gasteiger partial charge in [-0.1, -0.05) is 0 Å². The molecule has 0 saturated carbocycles. The number of fused-ring (bicyclic) bond motifs is 1. The molecule has 4 heterocycles. The minimum Gasteiger partial charge on any atom is -0.465 e. The molecular formula is C20H21BrN4O3. The van der Waals surface area contributed by atoms with E-state index < -0.39 is 6.09 Å². The van der Waals surface area contributed by atoms with Crippen LogP contribution in [0.4, 0.5) is 4.79 Å². The van der Waals surface area contributed by atoms with Gasteiger partial charge in [0.2, 0.25) is 0 Å². The smallest absolute Gasteiger partial charge is 0.407 e. The molecular weight excluding hydrogens is 424 g/mol. The molecule has 146 valence electrons. The van der Waals surface area contributed by atoms with Crippen LogP contribution >= 0.6 is 15.9 Å². The normalized spacial score (nSPS) is 17.2. The van der Waals surface area contributed by atoms with Gasteiger partial charge >= 0.3 is 6.09 Å². The van der Waals surface area contributed by atoms with Crippen LogP contribution < -0.4 is 0 Å². The number of aryl methyl sites for hydroxylation is 2. The summed E-state index contributed by atoms with van der Waals surface area (Å²) in [5.41, 5.74) is 5.61. The maximum atomic E-state index is 11.4. The molecule has 7 nitrogen and oxygen atoms in total. The fourth-order valence-electron chi connectivity index (χ4n) is 3.60. The van der Waals surface area contributed by atoms with Crippen molar-refractivity contribution in [2.75, 3.05) is 19.7 Å². The largest absolute Gasteiger partial charge is 0.465 e. The predicted octanol–water partition coefficient (Wildman–Crippen LogP) is 3.70. The van der Waals surface area contributed by atoms with E-state index in [0.29, 0.717) is 26.1 Å². The van der Waals surface area contributed by atoms with Crippen molar-refractivity contribution >= 4 is 27.7 Å². The molecule has 0 aromatic carbocycles. The van der Waals surface area contributed by atoms with Crippen LogP contribution in [-0.2, 0) is 11.2 Å². The van der Waals surface area contributed by atoms with Crippen LogP contribution in [0.5, 0.6) is 0 Å². The van der Waals surface area contributed by atoms with Crippen molar-refractivity contribution < 1.29 is 14.6 Å². The maximum absolute atomic E-state index is 11.4. The molecule has 1 saturated heterocycles. The van der Waals surface area contributed by atoms with E-state index in [-0.39, 0.29) is 6.10 Å². The number of carbonyl (C=O) groups is 1. The van der Waals surface area contributed by atoms with Crippen LogP contribution in [0.3, 0.4) is 0 Å². The van der Waals surface area contributed by atoms with Gasteiger partial charge in [0.15, 0.2) is 0 Å². The molecule has 1 atom stereocenters. The second kappa shape index (κ2) is 7.52. The molecule has 1 aliphatic heterocycles. The second-order valence-electron chi connectivity index (χ2n) is 7.08. The molecule has 1 fully saturated rings. The molecule has 1 aliphatic rings. The summed E-state index contributed by atoms with van der Waals surface area (Å²) in [5.74, 6) is 0. The number of imidazole rings is 1. The Morgan fingerprint density at radius 2 is 2.18 bits per heavy atom. The van der Waals surface area contributed by atoms with Crippen LogP contribution in [0.25, 0.3) is 17.0 Å². The Hall–Kier alpha value is -2.45. The number of nitrogens with zero attached hydrogens (tertiary/aromatic N) is 4.